The Balaban J connectivity index is 1.30. The quantitative estimate of drug-likeness (QED) is 0.147. The van der Waals surface area contributed by atoms with E-state index in [1.165, 1.54) is 0 Å². The highest BCUT2D eigenvalue weighted by atomic mass is 32.2. The molecule has 0 bridgehead atoms. The van der Waals surface area contributed by atoms with E-state index in [1.54, 1.807) is 38.5 Å². The van der Waals surface area contributed by atoms with Crippen molar-refractivity contribution in [1.29, 1.82) is 0 Å². The van der Waals surface area contributed by atoms with E-state index in [1.807, 2.05) is 72.8 Å². The number of benzene rings is 4. The van der Waals surface area contributed by atoms with Crippen molar-refractivity contribution < 1.29 is 27.8 Å². The summed E-state index contributed by atoms with van der Waals surface area (Å²) in [5, 5.41) is 19.8. The van der Waals surface area contributed by atoms with Crippen LogP contribution in [0.1, 0.15) is 24.0 Å². The fourth-order valence-electron chi connectivity index (χ4n) is 5.95. The molecule has 5 rings (SSSR count). The van der Waals surface area contributed by atoms with Crippen LogP contribution < -0.4 is 25.4 Å². The average Bonchev–Trinajstić information content (AvgIpc) is 3.10. The summed E-state index contributed by atoms with van der Waals surface area (Å²) < 4.78 is 38.2. The predicted octanol–water partition coefficient (Wildman–Crippen LogP) is 5.16. The Morgan fingerprint density at radius 3 is 2.15 bits per heavy atom. The number of piperidine rings is 1. The lowest BCUT2D eigenvalue weighted by molar-refractivity contribution is -0.139. The van der Waals surface area contributed by atoms with E-state index in [4.69, 9.17) is 9.47 Å². The number of hydrogen-bond acceptors (Lipinski definition) is 8. The zero-order valence-electron chi connectivity index (χ0n) is 26.2. The maximum Gasteiger partial charge on any atom is 0.321 e. The Hall–Kier alpha value is -4.38. The van der Waals surface area contributed by atoms with Gasteiger partial charge in [-0.25, -0.2) is 8.42 Å². The van der Waals surface area contributed by atoms with E-state index in [0.29, 0.717) is 37.4 Å². The first-order valence-corrected chi connectivity index (χ1v) is 16.8. The van der Waals surface area contributed by atoms with Crippen molar-refractivity contribution in [3.8, 4) is 22.6 Å². The van der Waals surface area contributed by atoms with Crippen molar-refractivity contribution in [3.05, 3.63) is 108 Å². The largest absolute Gasteiger partial charge is 0.496 e. The first kappa shape index (κ1) is 33.0. The first-order valence-electron chi connectivity index (χ1n) is 15.4. The third-order valence-corrected chi connectivity index (χ3v) is 11.1. The second kappa shape index (κ2) is 14.8. The molecule has 1 unspecified atom stereocenters. The minimum absolute atomic E-state index is 0.00378. The number of carbonyl (C=O) groups is 1. The Bertz CT molecular complexity index is 1680. The zero-order chi connectivity index (χ0) is 32.6. The molecule has 4 aromatic rings. The van der Waals surface area contributed by atoms with E-state index >= 15 is 0 Å². The van der Waals surface area contributed by atoms with E-state index in [0.717, 1.165) is 27.9 Å². The lowest BCUT2D eigenvalue weighted by atomic mass is 9.96. The summed E-state index contributed by atoms with van der Waals surface area (Å²) in [6.45, 7) is 1.58. The van der Waals surface area contributed by atoms with Gasteiger partial charge < -0.3 is 30.5 Å². The summed E-state index contributed by atoms with van der Waals surface area (Å²) in [6, 6.07) is 28.9. The number of carboxylic acids is 1. The SMILES string of the molecule is COc1cccc(OC)c1-c1ccc(C[C@H](NCC2(S(=O)(=O)c3ccc(NCc4ccccc4)cc3)CCCNC2)C(=O)O)cc1. The van der Waals surface area contributed by atoms with Crippen LogP contribution >= 0.6 is 0 Å². The topological polar surface area (TPSA) is 126 Å². The molecule has 4 N–H and O–H groups in total. The minimum Gasteiger partial charge on any atom is -0.496 e. The minimum atomic E-state index is -3.82. The number of nitrogens with one attached hydrogen (secondary N) is 3. The number of hydrogen-bond donors (Lipinski definition) is 4. The maximum atomic E-state index is 14.1. The van der Waals surface area contributed by atoms with Crippen LogP contribution in [0.3, 0.4) is 0 Å². The molecule has 0 saturated carbocycles. The highest BCUT2D eigenvalue weighted by Gasteiger charge is 2.46. The summed E-state index contributed by atoms with van der Waals surface area (Å²) in [4.78, 5) is 12.6. The summed E-state index contributed by atoms with van der Waals surface area (Å²) in [7, 11) is -0.618. The van der Waals surface area contributed by atoms with Gasteiger partial charge in [0.2, 0.25) is 0 Å². The van der Waals surface area contributed by atoms with Gasteiger partial charge in [0.05, 0.1) is 24.7 Å². The number of carboxylic acid groups (broad SMARTS) is 1. The molecule has 10 heteroatoms. The molecule has 242 valence electrons. The second-order valence-electron chi connectivity index (χ2n) is 11.5. The summed E-state index contributed by atoms with van der Waals surface area (Å²) in [6.07, 6.45) is 1.28. The first-order chi connectivity index (χ1) is 22.3. The molecule has 1 saturated heterocycles. The summed E-state index contributed by atoms with van der Waals surface area (Å²) in [5.74, 6) is 0.298. The van der Waals surface area contributed by atoms with Crippen molar-refractivity contribution >= 4 is 21.5 Å². The Kier molecular flexibility index (Phi) is 10.6. The summed E-state index contributed by atoms with van der Waals surface area (Å²) >= 11 is 0. The standard InChI is InChI=1S/C36H41N3O6S/c1-44-32-10-6-11-33(45-2)34(32)28-14-12-26(13-15-28)22-31(35(40)41)39-25-36(20-7-21-37-24-36)46(42,43)30-18-16-29(17-19-30)38-23-27-8-4-3-5-9-27/h3-6,8-19,31,37-39H,7,20-25H2,1-2H3,(H,40,41)/t31-,36?/m0/s1. The van der Waals surface area contributed by atoms with E-state index in [2.05, 4.69) is 16.0 Å². The molecule has 0 radical (unpaired) electrons. The van der Waals surface area contributed by atoms with E-state index < -0.39 is 26.6 Å². The van der Waals surface area contributed by atoms with Crippen LogP contribution in [-0.2, 0) is 27.6 Å². The van der Waals surface area contributed by atoms with Crippen LogP contribution in [0.15, 0.2) is 102 Å². The average molecular weight is 644 g/mol. The van der Waals surface area contributed by atoms with Gasteiger partial charge in [0.1, 0.15) is 22.3 Å². The van der Waals surface area contributed by atoms with Gasteiger partial charge in [0.15, 0.2) is 9.84 Å². The number of rotatable bonds is 14. The van der Waals surface area contributed by atoms with Gasteiger partial charge in [-0.1, -0.05) is 60.7 Å². The van der Waals surface area contributed by atoms with E-state index in [9.17, 15) is 18.3 Å². The molecule has 0 spiro atoms. The molecule has 1 fully saturated rings. The van der Waals surface area contributed by atoms with Crippen molar-refractivity contribution in [3.63, 3.8) is 0 Å². The van der Waals surface area contributed by atoms with Crippen molar-refractivity contribution in [2.24, 2.45) is 0 Å². The monoisotopic (exact) mass is 643 g/mol. The third kappa shape index (κ3) is 7.36. The Morgan fingerprint density at radius 1 is 0.891 bits per heavy atom. The van der Waals surface area contributed by atoms with Crippen molar-refractivity contribution in [1.82, 2.24) is 10.6 Å². The van der Waals surface area contributed by atoms with Gasteiger partial charge in [-0.15, -0.1) is 0 Å². The lowest BCUT2D eigenvalue weighted by Gasteiger charge is -2.38. The smallest absolute Gasteiger partial charge is 0.321 e. The number of ether oxygens (including phenoxy) is 2. The molecule has 2 atom stereocenters. The molecule has 0 amide bonds. The van der Waals surface area contributed by atoms with Crippen LogP contribution in [0.4, 0.5) is 5.69 Å². The molecule has 9 nitrogen and oxygen atoms in total. The molecule has 0 aromatic heterocycles. The molecule has 1 aliphatic rings. The third-order valence-electron chi connectivity index (χ3n) is 8.59. The van der Waals surface area contributed by atoms with Crippen molar-refractivity contribution in [2.45, 2.75) is 41.5 Å². The Morgan fingerprint density at radius 2 is 1.57 bits per heavy atom. The fraction of sp³-hybridized carbons (Fsp3) is 0.306. The van der Waals surface area contributed by atoms with Crippen LogP contribution in [0, 0.1) is 0 Å². The normalized spacial score (nSPS) is 17.2. The Labute approximate surface area is 270 Å². The highest BCUT2D eigenvalue weighted by Crippen LogP contribution is 2.38. The molecule has 1 heterocycles. The van der Waals surface area contributed by atoms with Gasteiger partial charge in [0, 0.05) is 25.3 Å². The fourth-order valence-corrected chi connectivity index (χ4v) is 7.93. The maximum absolute atomic E-state index is 14.1. The van der Waals surface area contributed by atoms with Crippen molar-refractivity contribution in [2.75, 3.05) is 39.2 Å². The molecule has 1 aliphatic heterocycles. The van der Waals surface area contributed by atoms with E-state index in [-0.39, 0.29) is 24.4 Å². The lowest BCUT2D eigenvalue weighted by Crippen LogP contribution is -2.59. The van der Waals surface area contributed by atoms with Gasteiger partial charge in [-0.2, -0.15) is 0 Å². The molecular weight excluding hydrogens is 602 g/mol. The van der Waals surface area contributed by atoms with Crippen LogP contribution in [0.2, 0.25) is 0 Å². The molecule has 0 aliphatic carbocycles. The molecule has 46 heavy (non-hydrogen) atoms. The van der Waals surface area contributed by atoms with Gasteiger partial charge in [-0.3, -0.25) is 4.79 Å². The number of methoxy groups -OCH3 is 2. The molecule has 4 aromatic carbocycles. The van der Waals surface area contributed by atoms with Crippen LogP contribution in [0.25, 0.3) is 11.1 Å². The zero-order valence-corrected chi connectivity index (χ0v) is 27.0. The van der Waals surface area contributed by atoms with Crippen LogP contribution in [-0.4, -0.2) is 64.1 Å². The second-order valence-corrected chi connectivity index (χ2v) is 13.9. The number of aliphatic carboxylic acids is 1. The molecular formula is C36H41N3O6S. The predicted molar refractivity (Wildman–Crippen MR) is 180 cm³/mol. The van der Waals surface area contributed by atoms with Gasteiger partial charge in [0.25, 0.3) is 0 Å². The highest BCUT2D eigenvalue weighted by molar-refractivity contribution is 7.93. The number of anilines is 1. The summed E-state index contributed by atoms with van der Waals surface area (Å²) in [5.41, 5.74) is 4.42. The van der Waals surface area contributed by atoms with Gasteiger partial charge >= 0.3 is 5.97 Å². The van der Waals surface area contributed by atoms with Crippen LogP contribution in [0.5, 0.6) is 11.5 Å². The number of sulfone groups is 1. The van der Waals surface area contributed by atoms with Gasteiger partial charge in [-0.05, 0) is 78.9 Å².